The third-order valence-electron chi connectivity index (χ3n) is 2.59. The summed E-state index contributed by atoms with van der Waals surface area (Å²) in [5.74, 6) is 0.643. The number of aliphatic hydroxyl groups is 1. The summed E-state index contributed by atoms with van der Waals surface area (Å²) in [6.07, 6.45) is 2.10. The summed E-state index contributed by atoms with van der Waals surface area (Å²) in [6, 6.07) is 0.203. The Hall–Kier alpha value is -1.07. The summed E-state index contributed by atoms with van der Waals surface area (Å²) >= 11 is 0. The molecule has 0 aliphatic rings. The second-order valence-corrected chi connectivity index (χ2v) is 4.36. The SMILES string of the molecule is CCCNCC(O)c1c(OC)cnn1C(C)C. The minimum Gasteiger partial charge on any atom is -0.493 e. The zero-order valence-electron chi connectivity index (χ0n) is 11.1. The van der Waals surface area contributed by atoms with Crippen molar-refractivity contribution in [1.29, 1.82) is 0 Å². The van der Waals surface area contributed by atoms with E-state index in [4.69, 9.17) is 4.74 Å². The Morgan fingerprint density at radius 3 is 2.76 bits per heavy atom. The lowest BCUT2D eigenvalue weighted by Crippen LogP contribution is -2.24. The lowest BCUT2D eigenvalue weighted by atomic mass is 10.2. The first-order chi connectivity index (χ1) is 8.11. The quantitative estimate of drug-likeness (QED) is 0.710. The Morgan fingerprint density at radius 1 is 1.53 bits per heavy atom. The Kier molecular flexibility index (Phi) is 5.44. The van der Waals surface area contributed by atoms with Crippen molar-refractivity contribution in [3.05, 3.63) is 11.9 Å². The molecule has 0 fully saturated rings. The van der Waals surface area contributed by atoms with Crippen LogP contribution in [0.25, 0.3) is 0 Å². The monoisotopic (exact) mass is 241 g/mol. The van der Waals surface area contributed by atoms with Crippen molar-refractivity contribution in [2.24, 2.45) is 0 Å². The molecule has 0 aliphatic heterocycles. The molecule has 0 amide bonds. The number of nitrogens with one attached hydrogen (secondary N) is 1. The van der Waals surface area contributed by atoms with E-state index in [1.165, 1.54) is 0 Å². The number of aliphatic hydroxyl groups excluding tert-OH is 1. The van der Waals surface area contributed by atoms with Crippen LogP contribution in [0, 0.1) is 0 Å². The van der Waals surface area contributed by atoms with Crippen LogP contribution in [0.4, 0.5) is 0 Å². The number of nitrogens with zero attached hydrogens (tertiary/aromatic N) is 2. The second-order valence-electron chi connectivity index (χ2n) is 4.36. The highest BCUT2D eigenvalue weighted by Gasteiger charge is 2.20. The molecule has 17 heavy (non-hydrogen) atoms. The summed E-state index contributed by atoms with van der Waals surface area (Å²) < 4.78 is 7.04. The van der Waals surface area contributed by atoms with Gasteiger partial charge in [0.2, 0.25) is 0 Å². The summed E-state index contributed by atoms with van der Waals surface area (Å²) in [4.78, 5) is 0. The van der Waals surface area contributed by atoms with E-state index in [1.807, 2.05) is 13.8 Å². The van der Waals surface area contributed by atoms with Gasteiger partial charge in [0.15, 0.2) is 5.75 Å². The molecular formula is C12H23N3O2. The van der Waals surface area contributed by atoms with E-state index in [-0.39, 0.29) is 6.04 Å². The predicted molar refractivity (Wildman–Crippen MR) is 67.3 cm³/mol. The Morgan fingerprint density at radius 2 is 2.24 bits per heavy atom. The molecule has 1 rings (SSSR count). The minimum atomic E-state index is -0.596. The average molecular weight is 241 g/mol. The first-order valence-corrected chi connectivity index (χ1v) is 6.12. The fraction of sp³-hybridized carbons (Fsp3) is 0.750. The maximum atomic E-state index is 10.2. The summed E-state index contributed by atoms with van der Waals surface area (Å²) in [5.41, 5.74) is 0.742. The highest BCUT2D eigenvalue weighted by Crippen LogP contribution is 2.26. The Balaban J connectivity index is 2.81. The maximum Gasteiger partial charge on any atom is 0.162 e. The first-order valence-electron chi connectivity index (χ1n) is 6.12. The van der Waals surface area contributed by atoms with Gasteiger partial charge in [0.25, 0.3) is 0 Å². The maximum absolute atomic E-state index is 10.2. The van der Waals surface area contributed by atoms with E-state index in [9.17, 15) is 5.11 Å². The number of hydrogen-bond donors (Lipinski definition) is 2. The average Bonchev–Trinajstić information content (AvgIpc) is 2.72. The van der Waals surface area contributed by atoms with Crippen LogP contribution in [0.2, 0.25) is 0 Å². The molecule has 0 saturated heterocycles. The molecular weight excluding hydrogens is 218 g/mol. The van der Waals surface area contributed by atoms with Gasteiger partial charge in [-0.2, -0.15) is 5.10 Å². The van der Waals surface area contributed by atoms with Crippen molar-refractivity contribution >= 4 is 0 Å². The van der Waals surface area contributed by atoms with Gasteiger partial charge in [-0.15, -0.1) is 0 Å². The zero-order valence-corrected chi connectivity index (χ0v) is 11.1. The number of aromatic nitrogens is 2. The van der Waals surface area contributed by atoms with Gasteiger partial charge in [0.05, 0.1) is 13.3 Å². The molecule has 0 aliphatic carbocycles. The Labute approximate surface area is 103 Å². The van der Waals surface area contributed by atoms with Gasteiger partial charge in [-0.3, -0.25) is 4.68 Å². The second kappa shape index (κ2) is 6.61. The van der Waals surface area contributed by atoms with Crippen LogP contribution in [0.15, 0.2) is 6.20 Å². The molecule has 1 atom stereocenters. The standard InChI is InChI=1S/C12H23N3O2/c1-5-6-13-7-10(16)12-11(17-4)8-14-15(12)9(2)3/h8-10,13,16H,5-7H2,1-4H3. The topological polar surface area (TPSA) is 59.3 Å². The number of methoxy groups -OCH3 is 1. The summed E-state index contributed by atoms with van der Waals surface area (Å²) in [7, 11) is 1.59. The fourth-order valence-corrected chi connectivity index (χ4v) is 1.75. The van der Waals surface area contributed by atoms with Crippen LogP contribution in [0.1, 0.15) is 45.0 Å². The largest absolute Gasteiger partial charge is 0.493 e. The van der Waals surface area contributed by atoms with Gasteiger partial charge in [-0.05, 0) is 26.8 Å². The van der Waals surface area contributed by atoms with Crippen molar-refractivity contribution in [2.75, 3.05) is 20.2 Å². The predicted octanol–water partition coefficient (Wildman–Crippen LogP) is 1.51. The van der Waals surface area contributed by atoms with E-state index in [2.05, 4.69) is 17.3 Å². The molecule has 0 saturated carbocycles. The molecule has 5 nitrogen and oxygen atoms in total. The third-order valence-corrected chi connectivity index (χ3v) is 2.59. The smallest absolute Gasteiger partial charge is 0.162 e. The van der Waals surface area contributed by atoms with E-state index in [1.54, 1.807) is 18.0 Å². The van der Waals surface area contributed by atoms with Crippen LogP contribution < -0.4 is 10.1 Å². The van der Waals surface area contributed by atoms with Gasteiger partial charge in [0, 0.05) is 12.6 Å². The fourth-order valence-electron chi connectivity index (χ4n) is 1.75. The van der Waals surface area contributed by atoms with Crippen LogP contribution in [0.5, 0.6) is 5.75 Å². The van der Waals surface area contributed by atoms with Gasteiger partial charge >= 0.3 is 0 Å². The van der Waals surface area contributed by atoms with Crippen LogP contribution in [-0.2, 0) is 0 Å². The molecule has 1 unspecified atom stereocenters. The highest BCUT2D eigenvalue weighted by molar-refractivity contribution is 5.27. The van der Waals surface area contributed by atoms with E-state index in [0.717, 1.165) is 18.7 Å². The van der Waals surface area contributed by atoms with Crippen LogP contribution in [0.3, 0.4) is 0 Å². The number of rotatable bonds is 7. The number of ether oxygens (including phenoxy) is 1. The van der Waals surface area contributed by atoms with Crippen molar-refractivity contribution in [3.8, 4) is 5.75 Å². The molecule has 0 aromatic carbocycles. The van der Waals surface area contributed by atoms with Crippen LogP contribution in [-0.4, -0.2) is 35.1 Å². The first kappa shape index (κ1) is 14.0. The molecule has 0 radical (unpaired) electrons. The van der Waals surface area contributed by atoms with Crippen molar-refractivity contribution in [3.63, 3.8) is 0 Å². The van der Waals surface area contributed by atoms with Crippen molar-refractivity contribution in [1.82, 2.24) is 15.1 Å². The van der Waals surface area contributed by atoms with E-state index >= 15 is 0 Å². The van der Waals surface area contributed by atoms with Crippen molar-refractivity contribution in [2.45, 2.75) is 39.3 Å². The third kappa shape index (κ3) is 3.44. The van der Waals surface area contributed by atoms with E-state index in [0.29, 0.717) is 12.3 Å². The van der Waals surface area contributed by atoms with Gasteiger partial charge in [-0.25, -0.2) is 0 Å². The Bertz CT molecular complexity index is 336. The van der Waals surface area contributed by atoms with Crippen LogP contribution >= 0.6 is 0 Å². The van der Waals surface area contributed by atoms with Gasteiger partial charge in [-0.1, -0.05) is 6.92 Å². The lowest BCUT2D eigenvalue weighted by molar-refractivity contribution is 0.157. The summed E-state index contributed by atoms with van der Waals surface area (Å²) in [6.45, 7) is 7.57. The molecule has 1 aromatic rings. The normalized spacial score (nSPS) is 13.1. The molecule has 98 valence electrons. The lowest BCUT2D eigenvalue weighted by Gasteiger charge is -2.17. The number of hydrogen-bond acceptors (Lipinski definition) is 4. The highest BCUT2D eigenvalue weighted by atomic mass is 16.5. The van der Waals surface area contributed by atoms with E-state index < -0.39 is 6.10 Å². The molecule has 2 N–H and O–H groups in total. The zero-order chi connectivity index (χ0) is 12.8. The molecule has 0 bridgehead atoms. The van der Waals surface area contributed by atoms with Gasteiger partial charge < -0.3 is 15.2 Å². The summed E-state index contributed by atoms with van der Waals surface area (Å²) in [5, 5.41) is 17.6. The molecule has 0 spiro atoms. The molecule has 1 heterocycles. The van der Waals surface area contributed by atoms with Crippen molar-refractivity contribution < 1.29 is 9.84 Å². The molecule has 1 aromatic heterocycles. The minimum absolute atomic E-state index is 0.203. The van der Waals surface area contributed by atoms with Gasteiger partial charge in [0.1, 0.15) is 11.8 Å². The molecule has 5 heteroatoms.